The van der Waals surface area contributed by atoms with E-state index >= 15 is 0 Å². The molecule has 0 spiro atoms. The summed E-state index contributed by atoms with van der Waals surface area (Å²) in [6.07, 6.45) is 1.64. The van der Waals surface area contributed by atoms with E-state index in [1.807, 2.05) is 42.6 Å². The van der Waals surface area contributed by atoms with Crippen LogP contribution in [0, 0.1) is 0 Å². The zero-order valence-corrected chi connectivity index (χ0v) is 22.7. The van der Waals surface area contributed by atoms with Crippen LogP contribution in [0.5, 0.6) is 0 Å². The molecule has 0 aliphatic carbocycles. The van der Waals surface area contributed by atoms with Crippen molar-refractivity contribution in [3.05, 3.63) is 118 Å². The average Bonchev–Trinajstić information content (AvgIpc) is 3.44. The van der Waals surface area contributed by atoms with Gasteiger partial charge in [-0.25, -0.2) is 0 Å². The van der Waals surface area contributed by atoms with Gasteiger partial charge < -0.3 is 16.0 Å². The van der Waals surface area contributed by atoms with Crippen molar-refractivity contribution >= 4 is 69.9 Å². The fraction of sp³-hybridized carbons (Fsp3) is 0.0690. The summed E-state index contributed by atoms with van der Waals surface area (Å²) in [5.74, 6) is -0.952. The third kappa shape index (κ3) is 7.82. The number of halogens is 1. The lowest BCUT2D eigenvalue weighted by Crippen LogP contribution is -2.30. The van der Waals surface area contributed by atoms with Gasteiger partial charge >= 0.3 is 0 Å². The Balaban J connectivity index is 1.39. The van der Waals surface area contributed by atoms with Gasteiger partial charge in [0.05, 0.1) is 5.25 Å². The van der Waals surface area contributed by atoms with Crippen LogP contribution >= 0.6 is 34.7 Å². The number of nitrogens with one attached hydrogen (secondary N) is 3. The molecule has 1 unspecified atom stereocenters. The molecule has 3 aromatic carbocycles. The van der Waals surface area contributed by atoms with E-state index in [2.05, 4.69) is 16.0 Å². The first-order valence-corrected chi connectivity index (χ1v) is 13.8. The van der Waals surface area contributed by atoms with Crippen LogP contribution in [-0.2, 0) is 9.59 Å². The number of thiophene rings is 1. The summed E-state index contributed by atoms with van der Waals surface area (Å²) in [4.78, 5) is 40.1. The van der Waals surface area contributed by atoms with Gasteiger partial charge in [0.15, 0.2) is 0 Å². The molecule has 1 aromatic heterocycles. The molecule has 0 aliphatic heterocycles. The number of hydrogen-bond donors (Lipinski definition) is 3. The number of carbonyl (C=O) groups excluding carboxylic acids is 3. The van der Waals surface area contributed by atoms with Crippen molar-refractivity contribution in [3.8, 4) is 0 Å². The van der Waals surface area contributed by atoms with Gasteiger partial charge in [0.2, 0.25) is 5.91 Å². The fourth-order valence-corrected chi connectivity index (χ4v) is 4.96. The molecule has 0 aliphatic rings. The molecule has 0 saturated carbocycles. The highest BCUT2D eigenvalue weighted by Crippen LogP contribution is 2.26. The van der Waals surface area contributed by atoms with Crippen LogP contribution in [-0.4, -0.2) is 23.0 Å². The maximum Gasteiger partial charge on any atom is 0.272 e. The van der Waals surface area contributed by atoms with Gasteiger partial charge in [0.25, 0.3) is 11.8 Å². The molecule has 3 N–H and O–H groups in total. The highest BCUT2D eigenvalue weighted by atomic mass is 35.5. The van der Waals surface area contributed by atoms with Gasteiger partial charge in [-0.3, -0.25) is 14.4 Å². The number of anilines is 2. The van der Waals surface area contributed by atoms with Crippen molar-refractivity contribution in [3.63, 3.8) is 0 Å². The summed E-state index contributed by atoms with van der Waals surface area (Å²) in [5.41, 5.74) is 1.82. The zero-order chi connectivity index (χ0) is 26.9. The second kappa shape index (κ2) is 13.1. The van der Waals surface area contributed by atoms with Crippen molar-refractivity contribution in [2.75, 3.05) is 10.6 Å². The van der Waals surface area contributed by atoms with Crippen LogP contribution in [0.3, 0.4) is 0 Å². The Morgan fingerprint density at radius 3 is 2.16 bits per heavy atom. The van der Waals surface area contributed by atoms with Crippen LogP contribution < -0.4 is 16.0 Å². The van der Waals surface area contributed by atoms with E-state index in [1.54, 1.807) is 66.7 Å². The van der Waals surface area contributed by atoms with E-state index in [4.69, 9.17) is 11.6 Å². The highest BCUT2D eigenvalue weighted by Gasteiger charge is 2.17. The molecule has 4 aromatic rings. The van der Waals surface area contributed by atoms with Crippen LogP contribution in [0.4, 0.5) is 11.4 Å². The van der Waals surface area contributed by atoms with E-state index in [0.29, 0.717) is 22.0 Å². The molecule has 0 radical (unpaired) electrons. The monoisotopic (exact) mass is 561 g/mol. The van der Waals surface area contributed by atoms with E-state index < -0.39 is 5.91 Å². The third-order valence-electron chi connectivity index (χ3n) is 5.26. The summed E-state index contributed by atoms with van der Waals surface area (Å²) in [7, 11) is 0. The quantitative estimate of drug-likeness (QED) is 0.153. The average molecular weight is 562 g/mol. The predicted molar refractivity (Wildman–Crippen MR) is 157 cm³/mol. The molecule has 9 heteroatoms. The predicted octanol–water partition coefficient (Wildman–Crippen LogP) is 6.93. The Bertz CT molecular complexity index is 1420. The molecule has 192 valence electrons. The van der Waals surface area contributed by atoms with Crippen LogP contribution in [0.2, 0.25) is 5.02 Å². The Hall–Kier alpha value is -3.85. The smallest absolute Gasteiger partial charge is 0.272 e. The van der Waals surface area contributed by atoms with Crippen molar-refractivity contribution in [2.24, 2.45) is 0 Å². The number of benzene rings is 3. The van der Waals surface area contributed by atoms with Gasteiger partial charge in [-0.2, -0.15) is 0 Å². The Kier molecular flexibility index (Phi) is 9.37. The second-order valence-corrected chi connectivity index (χ2v) is 11.0. The normalized spacial score (nSPS) is 11.9. The number of carbonyl (C=O) groups is 3. The number of thioether (sulfide) groups is 1. The van der Waals surface area contributed by atoms with Gasteiger partial charge in [-0.05, 0) is 85.1 Å². The summed E-state index contributed by atoms with van der Waals surface area (Å²) in [6.45, 7) is 1.82. The van der Waals surface area contributed by atoms with Crippen molar-refractivity contribution in [2.45, 2.75) is 17.1 Å². The summed E-state index contributed by atoms with van der Waals surface area (Å²) >= 11 is 8.75. The maximum absolute atomic E-state index is 13.1. The molecule has 0 saturated heterocycles. The fourth-order valence-electron chi connectivity index (χ4n) is 3.31. The molecule has 6 nitrogen and oxygen atoms in total. The lowest BCUT2D eigenvalue weighted by molar-refractivity contribution is -0.115. The first-order chi connectivity index (χ1) is 18.4. The Morgan fingerprint density at radius 2 is 1.50 bits per heavy atom. The topological polar surface area (TPSA) is 87.3 Å². The van der Waals surface area contributed by atoms with Crippen LogP contribution in [0.15, 0.2) is 107 Å². The molecule has 1 atom stereocenters. The number of amides is 3. The first kappa shape index (κ1) is 27.2. The van der Waals surface area contributed by atoms with Crippen molar-refractivity contribution in [1.29, 1.82) is 0 Å². The standard InChI is InChI=1S/C29H24ClN3O3S2/c1-19(27(34)31-22-11-9-21(30)10-12-22)38-24-15-13-23(14-16-24)32-29(36)26(18-25-8-5-17-37-25)33-28(35)20-6-3-2-4-7-20/h2-19H,1H3,(H,31,34)(H,32,36)(H,33,35)/b26-18-. The SMILES string of the molecule is CC(Sc1ccc(NC(=O)/C(=C/c2cccs2)NC(=O)c2ccccc2)cc1)C(=O)Nc1ccc(Cl)cc1. The summed E-state index contributed by atoms with van der Waals surface area (Å²) < 4.78 is 0. The van der Waals surface area contributed by atoms with Gasteiger partial charge in [0.1, 0.15) is 5.70 Å². The van der Waals surface area contributed by atoms with E-state index in [0.717, 1.165) is 9.77 Å². The molecule has 4 rings (SSSR count). The third-order valence-corrected chi connectivity index (χ3v) is 7.45. The first-order valence-electron chi connectivity index (χ1n) is 11.6. The van der Waals surface area contributed by atoms with E-state index in [-0.39, 0.29) is 22.8 Å². The van der Waals surface area contributed by atoms with Gasteiger partial charge in [0, 0.05) is 31.7 Å². The van der Waals surface area contributed by atoms with E-state index in [9.17, 15) is 14.4 Å². The van der Waals surface area contributed by atoms with Gasteiger partial charge in [-0.1, -0.05) is 35.9 Å². The summed E-state index contributed by atoms with van der Waals surface area (Å²) in [5, 5.41) is 10.6. The molecular weight excluding hydrogens is 538 g/mol. The Labute approximate surface area is 234 Å². The molecule has 38 heavy (non-hydrogen) atoms. The van der Waals surface area contributed by atoms with Crippen LogP contribution in [0.25, 0.3) is 6.08 Å². The molecule has 0 fully saturated rings. The van der Waals surface area contributed by atoms with E-state index in [1.165, 1.54) is 23.1 Å². The minimum atomic E-state index is -0.446. The molecule has 1 heterocycles. The lowest BCUT2D eigenvalue weighted by Gasteiger charge is -2.13. The molecular formula is C29H24ClN3O3S2. The summed E-state index contributed by atoms with van der Waals surface area (Å²) in [6, 6.07) is 26.6. The zero-order valence-electron chi connectivity index (χ0n) is 20.3. The largest absolute Gasteiger partial charge is 0.325 e. The maximum atomic E-state index is 13.1. The number of hydrogen-bond acceptors (Lipinski definition) is 5. The van der Waals surface area contributed by atoms with Crippen molar-refractivity contribution in [1.82, 2.24) is 5.32 Å². The molecule has 0 bridgehead atoms. The van der Waals surface area contributed by atoms with Gasteiger partial charge in [-0.15, -0.1) is 23.1 Å². The molecule has 3 amide bonds. The minimum absolute atomic E-state index is 0.132. The van der Waals surface area contributed by atoms with Crippen molar-refractivity contribution < 1.29 is 14.4 Å². The lowest BCUT2D eigenvalue weighted by atomic mass is 10.2. The highest BCUT2D eigenvalue weighted by molar-refractivity contribution is 8.00. The second-order valence-electron chi connectivity index (χ2n) is 8.13. The van der Waals surface area contributed by atoms with Crippen LogP contribution in [0.1, 0.15) is 22.2 Å². The minimum Gasteiger partial charge on any atom is -0.325 e. The number of rotatable bonds is 9. The Morgan fingerprint density at radius 1 is 0.842 bits per heavy atom.